The summed E-state index contributed by atoms with van der Waals surface area (Å²) in [6, 6.07) is 0.362. The maximum atomic E-state index is 13.0. The van der Waals surface area contributed by atoms with Crippen LogP contribution >= 0.6 is 0 Å². The molecular weight excluding hydrogens is 332 g/mol. The van der Waals surface area contributed by atoms with Gasteiger partial charge in [0.25, 0.3) is 5.91 Å². The van der Waals surface area contributed by atoms with Crippen LogP contribution in [0.2, 0.25) is 0 Å². The van der Waals surface area contributed by atoms with Crippen molar-refractivity contribution in [2.75, 3.05) is 52.9 Å². The highest BCUT2D eigenvalue weighted by Gasteiger charge is 2.43. The standard InChI is InChI=1S/C19H34N4O3/c1-26-19(7-9-20-10-8-19)18(25)23-13-11-22(12-14-23)15-17(24)21-16-5-3-2-4-6-16/h16,20H,2-15H2,1H3,(H,21,24). The van der Waals surface area contributed by atoms with E-state index in [-0.39, 0.29) is 11.8 Å². The molecule has 148 valence electrons. The molecule has 0 spiro atoms. The maximum absolute atomic E-state index is 13.0. The molecule has 0 aromatic carbocycles. The van der Waals surface area contributed by atoms with Crippen molar-refractivity contribution in [2.45, 2.75) is 56.6 Å². The Hall–Kier alpha value is -1.18. The molecule has 0 aromatic rings. The minimum Gasteiger partial charge on any atom is -0.368 e. The maximum Gasteiger partial charge on any atom is 0.254 e. The van der Waals surface area contributed by atoms with E-state index in [1.807, 2.05) is 4.90 Å². The molecule has 0 unspecified atom stereocenters. The second-order valence-electron chi connectivity index (χ2n) is 7.92. The van der Waals surface area contributed by atoms with E-state index in [2.05, 4.69) is 15.5 Å². The molecule has 2 heterocycles. The van der Waals surface area contributed by atoms with Crippen molar-refractivity contribution in [3.8, 4) is 0 Å². The Morgan fingerprint density at radius 3 is 2.35 bits per heavy atom. The van der Waals surface area contributed by atoms with Crippen molar-refractivity contribution >= 4 is 11.8 Å². The molecule has 1 aliphatic carbocycles. The van der Waals surface area contributed by atoms with Crippen LogP contribution < -0.4 is 10.6 Å². The zero-order valence-electron chi connectivity index (χ0n) is 16.1. The van der Waals surface area contributed by atoms with Crippen LogP contribution in [0, 0.1) is 0 Å². The summed E-state index contributed by atoms with van der Waals surface area (Å²) >= 11 is 0. The predicted octanol–water partition coefficient (Wildman–Crippen LogP) is 0.348. The molecule has 2 amide bonds. The molecule has 0 atom stereocenters. The number of hydrogen-bond donors (Lipinski definition) is 2. The van der Waals surface area contributed by atoms with Crippen LogP contribution in [0.1, 0.15) is 44.9 Å². The minimum atomic E-state index is -0.661. The topological polar surface area (TPSA) is 73.9 Å². The molecule has 3 aliphatic rings. The summed E-state index contributed by atoms with van der Waals surface area (Å²) in [6.45, 7) is 4.94. The van der Waals surface area contributed by atoms with Crippen LogP contribution in [0.4, 0.5) is 0 Å². The first-order valence-electron chi connectivity index (χ1n) is 10.2. The van der Waals surface area contributed by atoms with Crippen molar-refractivity contribution in [3.05, 3.63) is 0 Å². The summed E-state index contributed by atoms with van der Waals surface area (Å²) < 4.78 is 5.66. The Kier molecular flexibility index (Phi) is 6.89. The lowest BCUT2D eigenvalue weighted by Crippen LogP contribution is -2.59. The molecule has 2 N–H and O–H groups in total. The molecule has 0 bridgehead atoms. The monoisotopic (exact) mass is 366 g/mol. The predicted molar refractivity (Wildman–Crippen MR) is 99.9 cm³/mol. The van der Waals surface area contributed by atoms with Gasteiger partial charge in [0.1, 0.15) is 5.60 Å². The first kappa shape index (κ1) is 19.6. The van der Waals surface area contributed by atoms with Crippen molar-refractivity contribution in [3.63, 3.8) is 0 Å². The SMILES string of the molecule is COC1(C(=O)N2CCN(CC(=O)NC3CCCCC3)CC2)CCNCC1. The molecular formula is C19H34N4O3. The van der Waals surface area contributed by atoms with Crippen molar-refractivity contribution < 1.29 is 14.3 Å². The fourth-order valence-corrected chi connectivity index (χ4v) is 4.46. The van der Waals surface area contributed by atoms with Gasteiger partial charge < -0.3 is 20.3 Å². The summed E-state index contributed by atoms with van der Waals surface area (Å²) in [7, 11) is 1.65. The highest BCUT2D eigenvalue weighted by atomic mass is 16.5. The molecule has 3 fully saturated rings. The molecule has 3 rings (SSSR count). The third kappa shape index (κ3) is 4.75. The number of methoxy groups -OCH3 is 1. The number of carbonyl (C=O) groups excluding carboxylic acids is 2. The van der Waals surface area contributed by atoms with E-state index in [4.69, 9.17) is 4.74 Å². The van der Waals surface area contributed by atoms with Crippen molar-refractivity contribution in [1.29, 1.82) is 0 Å². The number of rotatable bonds is 5. The van der Waals surface area contributed by atoms with Gasteiger partial charge in [0.15, 0.2) is 0 Å². The van der Waals surface area contributed by atoms with Gasteiger partial charge >= 0.3 is 0 Å². The molecule has 7 nitrogen and oxygen atoms in total. The molecule has 0 aromatic heterocycles. The van der Waals surface area contributed by atoms with Crippen LogP contribution in [0.15, 0.2) is 0 Å². The van der Waals surface area contributed by atoms with Crippen LogP contribution in [-0.4, -0.2) is 86.2 Å². The largest absolute Gasteiger partial charge is 0.368 e. The number of carbonyl (C=O) groups is 2. The number of nitrogens with zero attached hydrogens (tertiary/aromatic N) is 2. The van der Waals surface area contributed by atoms with Crippen LogP contribution in [-0.2, 0) is 14.3 Å². The number of nitrogens with one attached hydrogen (secondary N) is 2. The van der Waals surface area contributed by atoms with Gasteiger partial charge in [0, 0.05) is 39.3 Å². The van der Waals surface area contributed by atoms with Crippen LogP contribution in [0.3, 0.4) is 0 Å². The van der Waals surface area contributed by atoms with E-state index < -0.39 is 5.60 Å². The summed E-state index contributed by atoms with van der Waals surface area (Å²) in [6.07, 6.45) is 7.43. The van der Waals surface area contributed by atoms with Gasteiger partial charge in [0.05, 0.1) is 6.54 Å². The van der Waals surface area contributed by atoms with Crippen molar-refractivity contribution in [1.82, 2.24) is 20.4 Å². The zero-order chi connectivity index (χ0) is 18.4. The normalized spacial score (nSPS) is 25.0. The Bertz CT molecular complexity index is 479. The van der Waals surface area contributed by atoms with Crippen LogP contribution in [0.25, 0.3) is 0 Å². The van der Waals surface area contributed by atoms with E-state index >= 15 is 0 Å². The Labute approximate surface area is 156 Å². The lowest BCUT2D eigenvalue weighted by Gasteiger charge is -2.42. The van der Waals surface area contributed by atoms with Crippen molar-refractivity contribution in [2.24, 2.45) is 0 Å². The average Bonchev–Trinajstić information content (AvgIpc) is 2.69. The lowest BCUT2D eigenvalue weighted by molar-refractivity contribution is -0.160. The minimum absolute atomic E-state index is 0.118. The first-order valence-corrected chi connectivity index (χ1v) is 10.2. The zero-order valence-corrected chi connectivity index (χ0v) is 16.1. The second-order valence-corrected chi connectivity index (χ2v) is 7.92. The third-order valence-corrected chi connectivity index (χ3v) is 6.19. The summed E-state index contributed by atoms with van der Waals surface area (Å²) in [4.78, 5) is 29.3. The smallest absolute Gasteiger partial charge is 0.254 e. The molecule has 2 saturated heterocycles. The molecule has 26 heavy (non-hydrogen) atoms. The Morgan fingerprint density at radius 2 is 1.73 bits per heavy atom. The number of amides is 2. The highest BCUT2D eigenvalue weighted by Crippen LogP contribution is 2.25. The van der Waals surface area contributed by atoms with Crippen LogP contribution in [0.5, 0.6) is 0 Å². The van der Waals surface area contributed by atoms with E-state index in [9.17, 15) is 9.59 Å². The van der Waals surface area contributed by atoms with E-state index in [1.54, 1.807) is 7.11 Å². The molecule has 0 radical (unpaired) electrons. The van der Waals surface area contributed by atoms with Gasteiger partial charge in [-0.1, -0.05) is 19.3 Å². The average molecular weight is 367 g/mol. The third-order valence-electron chi connectivity index (χ3n) is 6.19. The van der Waals surface area contributed by atoms with E-state index in [1.165, 1.54) is 19.3 Å². The van der Waals surface area contributed by atoms with E-state index in [0.29, 0.717) is 25.7 Å². The number of piperazine rings is 1. The number of ether oxygens (including phenoxy) is 1. The van der Waals surface area contributed by atoms with Gasteiger partial charge in [0.2, 0.25) is 5.91 Å². The Morgan fingerprint density at radius 1 is 1.08 bits per heavy atom. The molecule has 2 aliphatic heterocycles. The molecule has 1 saturated carbocycles. The summed E-state index contributed by atoms with van der Waals surface area (Å²) in [5, 5.41) is 6.47. The fourth-order valence-electron chi connectivity index (χ4n) is 4.46. The first-order chi connectivity index (χ1) is 12.6. The van der Waals surface area contributed by atoms with Gasteiger partial charge in [-0.3, -0.25) is 14.5 Å². The fraction of sp³-hybridized carbons (Fsp3) is 0.895. The lowest BCUT2D eigenvalue weighted by atomic mass is 9.90. The number of piperidine rings is 1. The van der Waals surface area contributed by atoms with Gasteiger partial charge in [-0.2, -0.15) is 0 Å². The van der Waals surface area contributed by atoms with Gasteiger partial charge in [-0.05, 0) is 38.8 Å². The Balaban J connectivity index is 1.43. The summed E-state index contributed by atoms with van der Waals surface area (Å²) in [5.41, 5.74) is -0.661. The quantitative estimate of drug-likeness (QED) is 0.734. The van der Waals surface area contributed by atoms with E-state index in [0.717, 1.165) is 51.9 Å². The number of hydrogen-bond acceptors (Lipinski definition) is 5. The summed E-state index contributed by atoms with van der Waals surface area (Å²) in [5.74, 6) is 0.246. The molecule has 7 heteroatoms. The van der Waals surface area contributed by atoms with Gasteiger partial charge in [-0.25, -0.2) is 0 Å². The highest BCUT2D eigenvalue weighted by molar-refractivity contribution is 5.85. The second kappa shape index (κ2) is 9.15. The van der Waals surface area contributed by atoms with Gasteiger partial charge in [-0.15, -0.1) is 0 Å².